The normalized spacial score (nSPS) is 22.9. The molecule has 21 heavy (non-hydrogen) atoms. The van der Waals surface area contributed by atoms with Crippen molar-refractivity contribution in [3.8, 4) is 0 Å². The van der Waals surface area contributed by atoms with Crippen LogP contribution in [0.1, 0.15) is 48.3 Å². The van der Waals surface area contributed by atoms with E-state index in [9.17, 15) is 5.11 Å². The van der Waals surface area contributed by atoms with Gasteiger partial charge in [-0.15, -0.1) is 0 Å². The Bertz CT molecular complexity index is 678. The number of fused-ring (bicyclic) bond motifs is 1. The topological polar surface area (TPSA) is 20.2 Å². The van der Waals surface area contributed by atoms with Gasteiger partial charge in [0.1, 0.15) is 0 Å². The molecule has 0 aromatic heterocycles. The van der Waals surface area contributed by atoms with Crippen molar-refractivity contribution in [3.63, 3.8) is 0 Å². The Morgan fingerprint density at radius 3 is 2.29 bits per heavy atom. The van der Waals surface area contributed by atoms with Crippen molar-refractivity contribution in [2.45, 2.75) is 37.2 Å². The summed E-state index contributed by atoms with van der Waals surface area (Å²) in [6, 6.07) is 19.0. The van der Waals surface area contributed by atoms with E-state index in [1.807, 2.05) is 6.07 Å². The third-order valence-electron chi connectivity index (χ3n) is 5.04. The molecule has 0 spiro atoms. The second-order valence-corrected chi connectivity index (χ2v) is 6.34. The van der Waals surface area contributed by atoms with Crippen LogP contribution < -0.4 is 0 Å². The molecule has 1 saturated carbocycles. The fourth-order valence-corrected chi connectivity index (χ4v) is 4.06. The Morgan fingerprint density at radius 1 is 0.857 bits per heavy atom. The van der Waals surface area contributed by atoms with Crippen molar-refractivity contribution in [2.75, 3.05) is 0 Å². The average Bonchev–Trinajstić information content (AvgIpc) is 3.12. The van der Waals surface area contributed by atoms with Gasteiger partial charge in [-0.25, -0.2) is 0 Å². The predicted octanol–water partition coefficient (Wildman–Crippen LogP) is 4.63. The fraction of sp³-hybridized carbons (Fsp3) is 0.300. The van der Waals surface area contributed by atoms with E-state index in [4.69, 9.17) is 0 Å². The van der Waals surface area contributed by atoms with E-state index in [-0.39, 0.29) is 5.92 Å². The van der Waals surface area contributed by atoms with Gasteiger partial charge in [-0.1, -0.05) is 73.5 Å². The van der Waals surface area contributed by atoms with Crippen LogP contribution in [0, 0.1) is 0 Å². The SMILES string of the molecule is OC1([C@@H]2C(c3ccccc3)=Cc3ccccc32)CCCC1. The smallest absolute Gasteiger partial charge is 0.0756 e. The van der Waals surface area contributed by atoms with Crippen molar-refractivity contribution in [3.05, 3.63) is 71.3 Å². The van der Waals surface area contributed by atoms with Gasteiger partial charge in [0.2, 0.25) is 0 Å². The molecule has 0 saturated heterocycles. The molecule has 1 heteroatoms. The first-order chi connectivity index (χ1) is 10.3. The lowest BCUT2D eigenvalue weighted by molar-refractivity contribution is 0.0366. The number of aliphatic hydroxyl groups is 1. The summed E-state index contributed by atoms with van der Waals surface area (Å²) < 4.78 is 0. The van der Waals surface area contributed by atoms with Crippen molar-refractivity contribution in [1.29, 1.82) is 0 Å². The Kier molecular flexibility index (Phi) is 2.97. The maximum absolute atomic E-state index is 11.2. The number of hydrogen-bond donors (Lipinski definition) is 1. The first kappa shape index (κ1) is 12.8. The van der Waals surface area contributed by atoms with E-state index in [0.29, 0.717) is 0 Å². The zero-order chi connectivity index (χ0) is 14.3. The number of benzene rings is 2. The highest BCUT2D eigenvalue weighted by molar-refractivity contribution is 5.92. The molecule has 2 aromatic carbocycles. The van der Waals surface area contributed by atoms with Gasteiger partial charge in [-0.05, 0) is 35.1 Å². The summed E-state index contributed by atoms with van der Waals surface area (Å²) in [5.74, 6) is 0.124. The summed E-state index contributed by atoms with van der Waals surface area (Å²) in [6.07, 6.45) is 6.37. The van der Waals surface area contributed by atoms with E-state index in [0.717, 1.165) is 25.7 Å². The van der Waals surface area contributed by atoms with Crippen molar-refractivity contribution in [2.24, 2.45) is 0 Å². The number of hydrogen-bond acceptors (Lipinski definition) is 1. The number of rotatable bonds is 2. The molecule has 0 heterocycles. The third kappa shape index (κ3) is 2.04. The monoisotopic (exact) mass is 276 g/mol. The van der Waals surface area contributed by atoms with Crippen LogP contribution in [-0.4, -0.2) is 10.7 Å². The summed E-state index contributed by atoms with van der Waals surface area (Å²) in [5, 5.41) is 11.2. The van der Waals surface area contributed by atoms with Gasteiger partial charge in [0.05, 0.1) is 5.60 Å². The lowest BCUT2D eigenvalue weighted by Gasteiger charge is -2.33. The maximum Gasteiger partial charge on any atom is 0.0756 e. The summed E-state index contributed by atoms with van der Waals surface area (Å²) in [7, 11) is 0. The van der Waals surface area contributed by atoms with Crippen molar-refractivity contribution >= 4 is 11.6 Å². The molecule has 1 nitrogen and oxygen atoms in total. The lowest BCUT2D eigenvalue weighted by Crippen LogP contribution is -2.32. The molecule has 2 aromatic rings. The van der Waals surface area contributed by atoms with Crippen molar-refractivity contribution < 1.29 is 5.11 Å². The zero-order valence-corrected chi connectivity index (χ0v) is 12.1. The highest BCUT2D eigenvalue weighted by atomic mass is 16.3. The summed E-state index contributed by atoms with van der Waals surface area (Å²) in [4.78, 5) is 0. The Balaban J connectivity index is 1.86. The van der Waals surface area contributed by atoms with Crippen LogP contribution in [0.4, 0.5) is 0 Å². The molecule has 2 aliphatic carbocycles. The minimum Gasteiger partial charge on any atom is -0.389 e. The summed E-state index contributed by atoms with van der Waals surface area (Å²) in [6.45, 7) is 0. The standard InChI is InChI=1S/C20H20O/c21-20(12-6-7-13-20)19-17-11-5-4-10-16(17)14-18(19)15-8-2-1-3-9-15/h1-5,8-11,14,19,21H,6-7,12-13H2/t19-/m0/s1. The minimum absolute atomic E-state index is 0.124. The van der Waals surface area contributed by atoms with Gasteiger partial charge in [0.25, 0.3) is 0 Å². The van der Waals surface area contributed by atoms with Gasteiger partial charge < -0.3 is 5.11 Å². The first-order valence-electron chi connectivity index (χ1n) is 7.86. The molecule has 4 rings (SSSR count). The van der Waals surface area contributed by atoms with Crippen LogP contribution in [0.3, 0.4) is 0 Å². The Morgan fingerprint density at radius 2 is 1.52 bits per heavy atom. The van der Waals surface area contributed by atoms with E-state index >= 15 is 0 Å². The van der Waals surface area contributed by atoms with Gasteiger partial charge in [-0.2, -0.15) is 0 Å². The van der Waals surface area contributed by atoms with Gasteiger partial charge >= 0.3 is 0 Å². The van der Waals surface area contributed by atoms with E-state index in [1.165, 1.54) is 22.3 Å². The van der Waals surface area contributed by atoms with Crippen LogP contribution in [0.15, 0.2) is 54.6 Å². The molecular formula is C20H20O. The molecule has 0 unspecified atom stereocenters. The second kappa shape index (κ2) is 4.85. The van der Waals surface area contributed by atoms with Gasteiger partial charge in [0.15, 0.2) is 0 Å². The molecular weight excluding hydrogens is 256 g/mol. The van der Waals surface area contributed by atoms with E-state index in [1.54, 1.807) is 0 Å². The van der Waals surface area contributed by atoms with Crippen LogP contribution >= 0.6 is 0 Å². The van der Waals surface area contributed by atoms with Gasteiger partial charge in [-0.3, -0.25) is 0 Å². The molecule has 2 aliphatic rings. The molecule has 1 fully saturated rings. The summed E-state index contributed by atoms with van der Waals surface area (Å²) >= 11 is 0. The Hall–Kier alpha value is -1.86. The molecule has 1 N–H and O–H groups in total. The highest BCUT2D eigenvalue weighted by Crippen LogP contribution is 2.52. The summed E-state index contributed by atoms with van der Waals surface area (Å²) in [5.41, 5.74) is 4.50. The molecule has 0 aliphatic heterocycles. The van der Waals surface area contributed by atoms with E-state index in [2.05, 4.69) is 54.6 Å². The lowest BCUT2D eigenvalue weighted by atomic mass is 9.76. The maximum atomic E-state index is 11.2. The zero-order valence-electron chi connectivity index (χ0n) is 12.1. The molecule has 0 bridgehead atoms. The first-order valence-corrected chi connectivity index (χ1v) is 7.86. The van der Waals surface area contributed by atoms with Crippen LogP contribution in [0.2, 0.25) is 0 Å². The third-order valence-corrected chi connectivity index (χ3v) is 5.04. The van der Waals surface area contributed by atoms with E-state index < -0.39 is 5.60 Å². The molecule has 0 amide bonds. The largest absolute Gasteiger partial charge is 0.389 e. The predicted molar refractivity (Wildman–Crippen MR) is 86.9 cm³/mol. The second-order valence-electron chi connectivity index (χ2n) is 6.34. The van der Waals surface area contributed by atoms with Gasteiger partial charge in [0, 0.05) is 5.92 Å². The highest BCUT2D eigenvalue weighted by Gasteiger charge is 2.44. The molecule has 0 radical (unpaired) electrons. The average molecular weight is 276 g/mol. The quantitative estimate of drug-likeness (QED) is 0.848. The van der Waals surface area contributed by atoms with Crippen LogP contribution in [0.5, 0.6) is 0 Å². The fourth-order valence-electron chi connectivity index (χ4n) is 4.06. The molecule has 1 atom stereocenters. The Labute approximate surface area is 126 Å². The van der Waals surface area contributed by atoms with Crippen LogP contribution in [-0.2, 0) is 0 Å². The van der Waals surface area contributed by atoms with Crippen LogP contribution in [0.25, 0.3) is 11.6 Å². The minimum atomic E-state index is -0.575. The van der Waals surface area contributed by atoms with Crippen molar-refractivity contribution in [1.82, 2.24) is 0 Å². The molecule has 106 valence electrons.